The topological polar surface area (TPSA) is 69.9 Å². The molecule has 0 saturated carbocycles. The molecule has 0 unspecified atom stereocenters. The Morgan fingerprint density at radius 3 is 2.68 bits per heavy atom. The van der Waals surface area contributed by atoms with Gasteiger partial charge < -0.3 is 4.74 Å². The minimum atomic E-state index is -2.65. The fourth-order valence-corrected chi connectivity index (χ4v) is 3.79. The number of ether oxygens (including phenoxy) is 1. The van der Waals surface area contributed by atoms with Gasteiger partial charge in [-0.2, -0.15) is 5.10 Å². The van der Waals surface area contributed by atoms with Gasteiger partial charge in [0.2, 0.25) is 0 Å². The van der Waals surface area contributed by atoms with Crippen LogP contribution in [-0.4, -0.2) is 32.6 Å². The Balaban J connectivity index is 1.78. The number of allylic oxidation sites excluding steroid dienone is 1. The first-order valence-electron chi connectivity index (χ1n) is 9.43. The highest BCUT2D eigenvalue weighted by Crippen LogP contribution is 2.29. The quantitative estimate of drug-likeness (QED) is 0.212. The monoisotopic (exact) mass is 444 g/mol. The molecular weight excluding hydrogens is 422 g/mol. The van der Waals surface area contributed by atoms with Gasteiger partial charge in [0.15, 0.2) is 10.9 Å². The Labute approximate surface area is 183 Å². The van der Waals surface area contributed by atoms with Crippen molar-refractivity contribution < 1.29 is 18.3 Å². The summed E-state index contributed by atoms with van der Waals surface area (Å²) in [5.41, 5.74) is 3.19. The molecule has 162 valence electrons. The second-order valence-corrected chi connectivity index (χ2v) is 7.78. The van der Waals surface area contributed by atoms with Crippen LogP contribution in [0.15, 0.2) is 41.7 Å². The zero-order valence-electron chi connectivity index (χ0n) is 17.6. The molecule has 2 aromatic heterocycles. The van der Waals surface area contributed by atoms with Crippen molar-refractivity contribution in [1.82, 2.24) is 19.7 Å². The average molecular weight is 445 g/mol. The summed E-state index contributed by atoms with van der Waals surface area (Å²) in [5, 5.41) is 4.37. The minimum absolute atomic E-state index is 0.134. The number of rotatable bonds is 8. The number of aryl methyl sites for hydroxylation is 2. The molecule has 3 rings (SSSR count). The fraction of sp³-hybridized carbons (Fsp3) is 0.273. The van der Waals surface area contributed by atoms with Crippen LogP contribution in [0.4, 0.5) is 8.78 Å². The van der Waals surface area contributed by atoms with Gasteiger partial charge in [-0.3, -0.25) is 9.48 Å². The molecule has 0 spiro atoms. The lowest BCUT2D eigenvalue weighted by Gasteiger charge is -2.10. The van der Waals surface area contributed by atoms with Gasteiger partial charge in [0.1, 0.15) is 11.4 Å². The van der Waals surface area contributed by atoms with E-state index in [0.29, 0.717) is 22.8 Å². The van der Waals surface area contributed by atoms with E-state index in [1.807, 2.05) is 19.1 Å². The zero-order valence-corrected chi connectivity index (χ0v) is 18.4. The van der Waals surface area contributed by atoms with Gasteiger partial charge in [0, 0.05) is 29.8 Å². The number of methoxy groups -OCH3 is 1. The minimum Gasteiger partial charge on any atom is -0.496 e. The summed E-state index contributed by atoms with van der Waals surface area (Å²) in [6, 6.07) is 6.80. The van der Waals surface area contributed by atoms with Crippen molar-refractivity contribution in [1.29, 1.82) is 0 Å². The second-order valence-electron chi connectivity index (χ2n) is 6.84. The standard InChI is InChI=1S/C22H22F2N4O2S/c1-13-9-18(21(23)24)27-22(26-13)31-12-16-10-15(6-8-20(16)30-4)5-7-19(29)17-11-25-28(3)14(17)2/h5-11,21H,12H2,1-4H3. The predicted molar refractivity (Wildman–Crippen MR) is 116 cm³/mol. The zero-order chi connectivity index (χ0) is 22.5. The Kier molecular flexibility index (Phi) is 7.17. The van der Waals surface area contributed by atoms with Gasteiger partial charge in [-0.25, -0.2) is 18.7 Å². The Morgan fingerprint density at radius 2 is 2.03 bits per heavy atom. The smallest absolute Gasteiger partial charge is 0.280 e. The first-order chi connectivity index (χ1) is 14.8. The van der Waals surface area contributed by atoms with Gasteiger partial charge in [-0.15, -0.1) is 0 Å². The van der Waals surface area contributed by atoms with Gasteiger partial charge >= 0.3 is 0 Å². The number of hydrogen-bond acceptors (Lipinski definition) is 6. The summed E-state index contributed by atoms with van der Waals surface area (Å²) < 4.78 is 33.1. The van der Waals surface area contributed by atoms with Crippen LogP contribution in [0.3, 0.4) is 0 Å². The van der Waals surface area contributed by atoms with Gasteiger partial charge in [-0.05, 0) is 43.7 Å². The molecule has 6 nitrogen and oxygen atoms in total. The summed E-state index contributed by atoms with van der Waals surface area (Å²) >= 11 is 1.25. The summed E-state index contributed by atoms with van der Waals surface area (Å²) in [5.74, 6) is 0.943. The number of nitrogens with zero attached hydrogens (tertiary/aromatic N) is 4. The number of thioether (sulfide) groups is 1. The normalized spacial score (nSPS) is 11.5. The lowest BCUT2D eigenvalue weighted by Crippen LogP contribution is -1.99. The van der Waals surface area contributed by atoms with E-state index in [0.717, 1.165) is 16.8 Å². The molecule has 0 aliphatic rings. The molecule has 2 heterocycles. The van der Waals surface area contributed by atoms with Crippen LogP contribution in [0, 0.1) is 13.8 Å². The maximum absolute atomic E-state index is 13.0. The van der Waals surface area contributed by atoms with Crippen LogP contribution >= 0.6 is 11.8 Å². The summed E-state index contributed by atoms with van der Waals surface area (Å²) in [4.78, 5) is 20.6. The largest absolute Gasteiger partial charge is 0.496 e. The maximum atomic E-state index is 13.0. The van der Waals surface area contributed by atoms with Crippen molar-refractivity contribution in [3.8, 4) is 5.75 Å². The van der Waals surface area contributed by atoms with E-state index < -0.39 is 6.43 Å². The number of halogens is 2. The lowest BCUT2D eigenvalue weighted by atomic mass is 10.1. The molecular formula is C22H22F2N4O2S. The van der Waals surface area contributed by atoms with Gasteiger partial charge in [0.05, 0.1) is 18.9 Å². The van der Waals surface area contributed by atoms with Crippen LogP contribution in [0.2, 0.25) is 0 Å². The molecule has 0 N–H and O–H groups in total. The first kappa shape index (κ1) is 22.6. The molecule has 9 heteroatoms. The van der Waals surface area contributed by atoms with Crippen molar-refractivity contribution in [2.75, 3.05) is 7.11 Å². The van der Waals surface area contributed by atoms with E-state index >= 15 is 0 Å². The first-order valence-corrected chi connectivity index (χ1v) is 10.4. The molecule has 1 aromatic carbocycles. The third-order valence-electron chi connectivity index (χ3n) is 4.67. The average Bonchev–Trinajstić information content (AvgIpc) is 3.08. The third kappa shape index (κ3) is 5.55. The van der Waals surface area contributed by atoms with Gasteiger partial charge in [-0.1, -0.05) is 23.9 Å². The maximum Gasteiger partial charge on any atom is 0.280 e. The Bertz CT molecular complexity index is 1130. The van der Waals surface area contributed by atoms with Crippen LogP contribution in [0.1, 0.15) is 45.0 Å². The van der Waals surface area contributed by atoms with E-state index in [2.05, 4.69) is 15.1 Å². The second kappa shape index (κ2) is 9.82. The number of aromatic nitrogens is 4. The van der Waals surface area contributed by atoms with Crippen LogP contribution < -0.4 is 4.74 Å². The molecule has 3 aromatic rings. The Hall–Kier alpha value is -3.07. The highest BCUT2D eigenvalue weighted by Gasteiger charge is 2.13. The van der Waals surface area contributed by atoms with Crippen molar-refractivity contribution in [3.05, 3.63) is 70.3 Å². The SMILES string of the molecule is COc1ccc(C=CC(=O)c2cnn(C)c2C)cc1CSc1nc(C)cc(C(F)F)n1. The molecule has 31 heavy (non-hydrogen) atoms. The molecule has 0 aliphatic heterocycles. The molecule has 0 aliphatic carbocycles. The highest BCUT2D eigenvalue weighted by molar-refractivity contribution is 7.98. The van der Waals surface area contributed by atoms with Crippen LogP contribution in [0.5, 0.6) is 5.75 Å². The summed E-state index contributed by atoms with van der Waals surface area (Å²) in [7, 11) is 3.34. The highest BCUT2D eigenvalue weighted by atomic mass is 32.2. The van der Waals surface area contributed by atoms with E-state index in [9.17, 15) is 13.6 Å². The van der Waals surface area contributed by atoms with Crippen molar-refractivity contribution >= 4 is 23.6 Å². The molecule has 0 bridgehead atoms. The van der Waals surface area contributed by atoms with Gasteiger partial charge in [0.25, 0.3) is 6.43 Å². The number of hydrogen-bond donors (Lipinski definition) is 0. The third-order valence-corrected chi connectivity index (χ3v) is 5.56. The lowest BCUT2D eigenvalue weighted by molar-refractivity contribution is 0.104. The fourth-order valence-electron chi connectivity index (χ4n) is 2.90. The number of carbonyl (C=O) groups is 1. The van der Waals surface area contributed by atoms with Crippen molar-refractivity contribution in [2.45, 2.75) is 31.2 Å². The van der Waals surface area contributed by atoms with Crippen molar-refractivity contribution in [3.63, 3.8) is 0 Å². The molecule has 0 radical (unpaired) electrons. The van der Waals surface area contributed by atoms with E-state index in [1.165, 1.54) is 23.9 Å². The predicted octanol–water partition coefficient (Wildman–Crippen LogP) is 4.96. The van der Waals surface area contributed by atoms with E-state index in [4.69, 9.17) is 4.74 Å². The summed E-state index contributed by atoms with van der Waals surface area (Å²) in [6.07, 6.45) is 2.13. The molecule has 0 fully saturated rings. The molecule has 0 atom stereocenters. The number of ketones is 1. The summed E-state index contributed by atoms with van der Waals surface area (Å²) in [6.45, 7) is 3.49. The number of carbonyl (C=O) groups excluding carboxylic acids is 1. The van der Waals surface area contributed by atoms with E-state index in [1.54, 1.807) is 44.1 Å². The van der Waals surface area contributed by atoms with Crippen LogP contribution in [-0.2, 0) is 12.8 Å². The number of alkyl halides is 2. The molecule has 0 saturated heterocycles. The Morgan fingerprint density at radius 1 is 1.26 bits per heavy atom. The molecule has 0 amide bonds. The number of benzene rings is 1. The van der Waals surface area contributed by atoms with E-state index in [-0.39, 0.29) is 16.6 Å². The van der Waals surface area contributed by atoms with Crippen LogP contribution in [0.25, 0.3) is 6.08 Å². The van der Waals surface area contributed by atoms with Crippen molar-refractivity contribution in [2.24, 2.45) is 7.05 Å².